The van der Waals surface area contributed by atoms with Crippen LogP contribution < -0.4 is 5.32 Å². The highest BCUT2D eigenvalue weighted by Gasteiger charge is 1.99. The van der Waals surface area contributed by atoms with Crippen molar-refractivity contribution < 1.29 is 14.6 Å². The van der Waals surface area contributed by atoms with Gasteiger partial charge in [-0.25, -0.2) is 0 Å². The van der Waals surface area contributed by atoms with Crippen molar-refractivity contribution in [2.24, 2.45) is 0 Å². The van der Waals surface area contributed by atoms with Crippen LogP contribution in [0.25, 0.3) is 0 Å². The molecule has 0 radical (unpaired) electrons. The van der Waals surface area contributed by atoms with Crippen LogP contribution in [0.3, 0.4) is 0 Å². The number of thioether (sulfide) groups is 1. The Bertz CT molecular complexity index is 278. The van der Waals surface area contributed by atoms with Crippen molar-refractivity contribution >= 4 is 11.8 Å². The lowest BCUT2D eigenvalue weighted by atomic mass is 10.4. The predicted octanol–water partition coefficient (Wildman–Crippen LogP) is 0.977. The molecule has 0 spiro atoms. The number of aliphatic hydroxyl groups is 2. The lowest BCUT2D eigenvalue weighted by molar-refractivity contribution is 0.243. The summed E-state index contributed by atoms with van der Waals surface area (Å²) in [4.78, 5) is 0. The van der Waals surface area contributed by atoms with Crippen molar-refractivity contribution in [2.45, 2.75) is 19.6 Å². The summed E-state index contributed by atoms with van der Waals surface area (Å²) in [6.45, 7) is 1.85. The van der Waals surface area contributed by atoms with E-state index in [4.69, 9.17) is 14.6 Å². The first-order valence-electron chi connectivity index (χ1n) is 5.44. The fourth-order valence-electron chi connectivity index (χ4n) is 1.23. The second kappa shape index (κ2) is 8.64. The number of hydrogen-bond acceptors (Lipinski definition) is 5. The molecule has 92 valence electrons. The van der Waals surface area contributed by atoms with Crippen molar-refractivity contribution in [3.05, 3.63) is 23.7 Å². The third kappa shape index (κ3) is 5.55. The molecule has 5 heteroatoms. The molecular formula is C11H19NO3S. The van der Waals surface area contributed by atoms with Gasteiger partial charge in [-0.05, 0) is 24.3 Å². The standard InChI is InChI=1S/C11H19NO3S/c13-5-1-6-16-7-4-12-8-10-2-3-11(9-14)15-10/h2-3,12-14H,1,4-9H2. The van der Waals surface area contributed by atoms with Gasteiger partial charge in [-0.1, -0.05) is 0 Å². The highest BCUT2D eigenvalue weighted by Crippen LogP contribution is 2.07. The maximum Gasteiger partial charge on any atom is 0.129 e. The van der Waals surface area contributed by atoms with Gasteiger partial charge in [-0.3, -0.25) is 0 Å². The summed E-state index contributed by atoms with van der Waals surface area (Å²) in [7, 11) is 0. The van der Waals surface area contributed by atoms with Crippen LogP contribution in [0.1, 0.15) is 17.9 Å². The molecule has 0 amide bonds. The molecule has 0 atom stereocenters. The number of aliphatic hydroxyl groups excluding tert-OH is 2. The number of furan rings is 1. The normalized spacial score (nSPS) is 10.9. The molecule has 3 N–H and O–H groups in total. The molecule has 0 aromatic carbocycles. The molecule has 0 bridgehead atoms. The van der Waals surface area contributed by atoms with E-state index in [1.165, 1.54) is 0 Å². The van der Waals surface area contributed by atoms with Gasteiger partial charge in [0.2, 0.25) is 0 Å². The number of nitrogens with one attached hydrogen (secondary N) is 1. The summed E-state index contributed by atoms with van der Waals surface area (Å²) in [6, 6.07) is 3.66. The molecule has 0 aliphatic heterocycles. The number of hydrogen-bond donors (Lipinski definition) is 3. The van der Waals surface area contributed by atoms with E-state index in [-0.39, 0.29) is 13.2 Å². The number of rotatable bonds is 9. The van der Waals surface area contributed by atoms with Crippen LogP contribution in [0.15, 0.2) is 16.5 Å². The van der Waals surface area contributed by atoms with Gasteiger partial charge in [-0.2, -0.15) is 11.8 Å². The summed E-state index contributed by atoms with van der Waals surface area (Å²) < 4.78 is 5.33. The lowest BCUT2D eigenvalue weighted by Gasteiger charge is -2.02. The fraction of sp³-hybridized carbons (Fsp3) is 0.636. The minimum absolute atomic E-state index is 0.0446. The van der Waals surface area contributed by atoms with E-state index in [0.717, 1.165) is 30.2 Å². The Balaban J connectivity index is 1.98. The molecule has 1 aromatic rings. The second-order valence-corrected chi connectivity index (χ2v) is 4.62. The molecule has 0 aliphatic rings. The zero-order chi connectivity index (χ0) is 11.6. The molecule has 0 saturated heterocycles. The third-order valence-electron chi connectivity index (χ3n) is 2.04. The first kappa shape index (κ1) is 13.6. The minimum atomic E-state index is -0.0446. The smallest absolute Gasteiger partial charge is 0.129 e. The van der Waals surface area contributed by atoms with Gasteiger partial charge in [0.25, 0.3) is 0 Å². The molecule has 1 heterocycles. The van der Waals surface area contributed by atoms with Crippen molar-refractivity contribution in [1.29, 1.82) is 0 Å². The van der Waals surface area contributed by atoms with Gasteiger partial charge in [0.05, 0.1) is 6.54 Å². The first-order chi connectivity index (χ1) is 7.86. The van der Waals surface area contributed by atoms with Gasteiger partial charge in [0, 0.05) is 18.9 Å². The summed E-state index contributed by atoms with van der Waals surface area (Å²) in [6.07, 6.45) is 0.864. The van der Waals surface area contributed by atoms with Crippen molar-refractivity contribution in [1.82, 2.24) is 5.32 Å². The van der Waals surface area contributed by atoms with E-state index < -0.39 is 0 Å². The zero-order valence-corrected chi connectivity index (χ0v) is 10.1. The summed E-state index contributed by atoms with van der Waals surface area (Å²) in [5.41, 5.74) is 0. The molecular weight excluding hydrogens is 226 g/mol. The van der Waals surface area contributed by atoms with Gasteiger partial charge < -0.3 is 19.9 Å². The lowest BCUT2D eigenvalue weighted by Crippen LogP contribution is -2.16. The predicted molar refractivity (Wildman–Crippen MR) is 65.4 cm³/mol. The quantitative estimate of drug-likeness (QED) is 0.566. The van der Waals surface area contributed by atoms with Crippen LogP contribution in [-0.2, 0) is 13.2 Å². The molecule has 1 rings (SSSR count). The summed E-state index contributed by atoms with van der Waals surface area (Å²) in [5.74, 6) is 3.50. The van der Waals surface area contributed by atoms with Crippen molar-refractivity contribution in [2.75, 3.05) is 24.7 Å². The Morgan fingerprint density at radius 2 is 2.00 bits per heavy atom. The van der Waals surface area contributed by atoms with Gasteiger partial charge in [0.1, 0.15) is 18.1 Å². The van der Waals surface area contributed by atoms with Crippen LogP contribution in [-0.4, -0.2) is 34.9 Å². The second-order valence-electron chi connectivity index (χ2n) is 3.39. The Morgan fingerprint density at radius 3 is 2.69 bits per heavy atom. The van der Waals surface area contributed by atoms with E-state index in [0.29, 0.717) is 12.3 Å². The van der Waals surface area contributed by atoms with E-state index in [1.807, 2.05) is 17.8 Å². The average molecular weight is 245 g/mol. The van der Waals surface area contributed by atoms with Gasteiger partial charge in [0.15, 0.2) is 0 Å². The molecule has 16 heavy (non-hydrogen) atoms. The Kier molecular flexibility index (Phi) is 7.33. The third-order valence-corrected chi connectivity index (χ3v) is 3.11. The largest absolute Gasteiger partial charge is 0.462 e. The maximum atomic E-state index is 8.81. The minimum Gasteiger partial charge on any atom is -0.462 e. The van der Waals surface area contributed by atoms with Gasteiger partial charge >= 0.3 is 0 Å². The fourth-order valence-corrected chi connectivity index (χ4v) is 2.05. The van der Waals surface area contributed by atoms with Crippen molar-refractivity contribution in [3.8, 4) is 0 Å². The SMILES string of the molecule is OCCCSCCNCc1ccc(CO)o1. The van der Waals surface area contributed by atoms with E-state index in [1.54, 1.807) is 6.07 Å². The van der Waals surface area contributed by atoms with Crippen molar-refractivity contribution in [3.63, 3.8) is 0 Å². The highest BCUT2D eigenvalue weighted by atomic mass is 32.2. The Morgan fingerprint density at radius 1 is 1.19 bits per heavy atom. The highest BCUT2D eigenvalue weighted by molar-refractivity contribution is 7.99. The van der Waals surface area contributed by atoms with Crippen LogP contribution in [0.4, 0.5) is 0 Å². The molecule has 0 aliphatic carbocycles. The van der Waals surface area contributed by atoms with E-state index >= 15 is 0 Å². The Labute approximate surface area is 100 Å². The topological polar surface area (TPSA) is 65.6 Å². The Hall–Kier alpha value is -0.490. The van der Waals surface area contributed by atoms with Gasteiger partial charge in [-0.15, -0.1) is 0 Å². The van der Waals surface area contributed by atoms with Crippen LogP contribution in [0.5, 0.6) is 0 Å². The molecule has 1 aromatic heterocycles. The summed E-state index contributed by atoms with van der Waals surface area (Å²) in [5, 5.41) is 20.6. The van der Waals surface area contributed by atoms with E-state index in [9.17, 15) is 0 Å². The monoisotopic (exact) mass is 245 g/mol. The molecule has 0 fully saturated rings. The van der Waals surface area contributed by atoms with Crippen LogP contribution >= 0.6 is 11.8 Å². The van der Waals surface area contributed by atoms with Crippen LogP contribution in [0, 0.1) is 0 Å². The summed E-state index contributed by atoms with van der Waals surface area (Å²) >= 11 is 1.83. The van der Waals surface area contributed by atoms with E-state index in [2.05, 4.69) is 5.32 Å². The zero-order valence-electron chi connectivity index (χ0n) is 9.32. The molecule has 0 unspecified atom stereocenters. The van der Waals surface area contributed by atoms with Crippen LogP contribution in [0.2, 0.25) is 0 Å². The maximum absolute atomic E-state index is 8.81. The molecule has 0 saturated carbocycles. The average Bonchev–Trinajstić information content (AvgIpc) is 2.76. The molecule has 4 nitrogen and oxygen atoms in total. The first-order valence-corrected chi connectivity index (χ1v) is 6.60.